The lowest BCUT2D eigenvalue weighted by molar-refractivity contribution is 0.386. The summed E-state index contributed by atoms with van der Waals surface area (Å²) in [6, 6.07) is 0. The number of nitrogens with one attached hydrogen (secondary N) is 2. The quantitative estimate of drug-likeness (QED) is 0.546. The molecule has 1 heterocycles. The third-order valence-corrected chi connectivity index (χ3v) is 2.03. The van der Waals surface area contributed by atoms with E-state index in [0.29, 0.717) is 12.3 Å². The molecule has 0 unspecified atom stereocenters. The minimum Gasteiger partial charge on any atom is -0.484 e. The van der Waals surface area contributed by atoms with E-state index >= 15 is 0 Å². The summed E-state index contributed by atoms with van der Waals surface area (Å²) < 4.78 is 4.77. The van der Waals surface area contributed by atoms with Crippen LogP contribution in [0.15, 0.2) is 6.20 Å². The first-order valence-electron chi connectivity index (χ1n) is 4.40. The summed E-state index contributed by atoms with van der Waals surface area (Å²) in [4.78, 5) is 0. The fourth-order valence-corrected chi connectivity index (χ4v) is 1.21. The highest BCUT2D eigenvalue weighted by atomic mass is 16.5. The van der Waals surface area contributed by atoms with Crippen LogP contribution in [-0.2, 0) is 17.6 Å². The number of H-pyrrole nitrogens is 1. The average Bonchev–Trinajstić information content (AvgIpc) is 2.61. The zero-order chi connectivity index (χ0) is 9.68. The standard InChI is InChI=1S/C9H15N3O/c1-3-8-7(6-11-12-8)4-5-9(10)13-2/h6,10H,3-5H2,1-2H3,(H,11,12). The van der Waals surface area contributed by atoms with E-state index < -0.39 is 0 Å². The van der Waals surface area contributed by atoms with Gasteiger partial charge in [0.15, 0.2) is 5.90 Å². The average molecular weight is 181 g/mol. The molecule has 0 saturated carbocycles. The molecule has 0 aliphatic heterocycles. The third-order valence-electron chi connectivity index (χ3n) is 2.03. The van der Waals surface area contributed by atoms with Crippen molar-refractivity contribution in [3.63, 3.8) is 0 Å². The summed E-state index contributed by atoms with van der Waals surface area (Å²) >= 11 is 0. The Morgan fingerprint density at radius 1 is 1.69 bits per heavy atom. The Labute approximate surface area is 77.8 Å². The van der Waals surface area contributed by atoms with Crippen LogP contribution in [0.5, 0.6) is 0 Å². The Hall–Kier alpha value is -1.32. The molecule has 1 aromatic heterocycles. The van der Waals surface area contributed by atoms with Crippen LogP contribution in [0.2, 0.25) is 0 Å². The van der Waals surface area contributed by atoms with Crippen molar-refractivity contribution in [1.29, 1.82) is 5.41 Å². The number of rotatable bonds is 4. The van der Waals surface area contributed by atoms with Gasteiger partial charge in [-0.3, -0.25) is 10.5 Å². The van der Waals surface area contributed by atoms with Crippen molar-refractivity contribution in [3.05, 3.63) is 17.5 Å². The molecule has 0 aromatic carbocycles. The van der Waals surface area contributed by atoms with Crippen molar-refractivity contribution in [2.75, 3.05) is 7.11 Å². The van der Waals surface area contributed by atoms with Gasteiger partial charge >= 0.3 is 0 Å². The van der Waals surface area contributed by atoms with Crippen molar-refractivity contribution in [2.45, 2.75) is 26.2 Å². The van der Waals surface area contributed by atoms with E-state index in [1.54, 1.807) is 0 Å². The van der Waals surface area contributed by atoms with Crippen molar-refractivity contribution >= 4 is 5.90 Å². The Kier molecular flexibility index (Phi) is 3.49. The molecular weight excluding hydrogens is 166 g/mol. The number of ether oxygens (including phenoxy) is 1. The van der Waals surface area contributed by atoms with Crippen LogP contribution in [0.3, 0.4) is 0 Å². The van der Waals surface area contributed by atoms with E-state index in [-0.39, 0.29) is 0 Å². The molecular formula is C9H15N3O. The molecule has 1 rings (SSSR count). The van der Waals surface area contributed by atoms with E-state index in [1.807, 2.05) is 6.20 Å². The van der Waals surface area contributed by atoms with Crippen LogP contribution >= 0.6 is 0 Å². The summed E-state index contributed by atoms with van der Waals surface area (Å²) in [7, 11) is 1.53. The van der Waals surface area contributed by atoms with Crippen LogP contribution in [0.1, 0.15) is 24.6 Å². The highest BCUT2D eigenvalue weighted by Gasteiger charge is 2.04. The Balaban J connectivity index is 2.49. The number of hydrogen-bond acceptors (Lipinski definition) is 3. The normalized spacial score (nSPS) is 10.0. The van der Waals surface area contributed by atoms with E-state index in [1.165, 1.54) is 12.7 Å². The Morgan fingerprint density at radius 3 is 3.08 bits per heavy atom. The SMILES string of the molecule is CCc1[nH]ncc1CCC(=N)OC. The fraction of sp³-hybridized carbons (Fsp3) is 0.556. The van der Waals surface area contributed by atoms with E-state index in [0.717, 1.165) is 18.5 Å². The lowest BCUT2D eigenvalue weighted by atomic mass is 10.1. The molecule has 0 bridgehead atoms. The molecule has 4 nitrogen and oxygen atoms in total. The predicted octanol–water partition coefficient (Wildman–Crippen LogP) is 1.53. The summed E-state index contributed by atoms with van der Waals surface area (Å²) in [6.07, 6.45) is 4.24. The lowest BCUT2D eigenvalue weighted by Gasteiger charge is -2.01. The number of aryl methyl sites for hydroxylation is 2. The van der Waals surface area contributed by atoms with Crippen molar-refractivity contribution in [3.8, 4) is 0 Å². The van der Waals surface area contributed by atoms with Gasteiger partial charge in [-0.1, -0.05) is 6.92 Å². The molecule has 0 fully saturated rings. The molecule has 13 heavy (non-hydrogen) atoms. The van der Waals surface area contributed by atoms with E-state index in [2.05, 4.69) is 17.1 Å². The van der Waals surface area contributed by atoms with Crippen molar-refractivity contribution in [1.82, 2.24) is 10.2 Å². The van der Waals surface area contributed by atoms with E-state index in [4.69, 9.17) is 10.1 Å². The zero-order valence-electron chi connectivity index (χ0n) is 8.05. The maximum atomic E-state index is 7.31. The molecule has 2 N–H and O–H groups in total. The first-order valence-corrected chi connectivity index (χ1v) is 4.40. The molecule has 4 heteroatoms. The van der Waals surface area contributed by atoms with Crippen LogP contribution in [0, 0.1) is 5.41 Å². The molecule has 0 amide bonds. The first kappa shape index (κ1) is 9.77. The molecule has 0 aliphatic rings. The Bertz CT molecular complexity index is 280. The van der Waals surface area contributed by atoms with Gasteiger partial charge in [-0.2, -0.15) is 5.10 Å². The number of methoxy groups -OCH3 is 1. The number of hydrogen-bond donors (Lipinski definition) is 2. The maximum absolute atomic E-state index is 7.31. The second kappa shape index (κ2) is 4.64. The van der Waals surface area contributed by atoms with Gasteiger partial charge in [0.2, 0.25) is 0 Å². The third kappa shape index (κ3) is 2.57. The lowest BCUT2D eigenvalue weighted by Crippen LogP contribution is -2.01. The van der Waals surface area contributed by atoms with Crippen LogP contribution in [0.25, 0.3) is 0 Å². The second-order valence-corrected chi connectivity index (χ2v) is 2.85. The predicted molar refractivity (Wildman–Crippen MR) is 51.0 cm³/mol. The minimum atomic E-state index is 0.322. The zero-order valence-corrected chi connectivity index (χ0v) is 8.05. The number of nitrogens with zero attached hydrogens (tertiary/aromatic N) is 1. The topological polar surface area (TPSA) is 61.8 Å². The summed E-state index contributed by atoms with van der Waals surface area (Å²) in [5.41, 5.74) is 2.34. The van der Waals surface area contributed by atoms with Gasteiger partial charge in [0.25, 0.3) is 0 Å². The summed E-state index contributed by atoms with van der Waals surface area (Å²) in [6.45, 7) is 2.08. The molecule has 0 spiro atoms. The van der Waals surface area contributed by atoms with Gasteiger partial charge < -0.3 is 4.74 Å². The molecule has 72 valence electrons. The van der Waals surface area contributed by atoms with Gasteiger partial charge in [0.1, 0.15) is 0 Å². The molecule has 0 radical (unpaired) electrons. The highest BCUT2D eigenvalue weighted by molar-refractivity contribution is 5.72. The van der Waals surface area contributed by atoms with Gasteiger partial charge in [-0.15, -0.1) is 0 Å². The second-order valence-electron chi connectivity index (χ2n) is 2.85. The minimum absolute atomic E-state index is 0.322. The van der Waals surface area contributed by atoms with Crippen LogP contribution in [0.4, 0.5) is 0 Å². The maximum Gasteiger partial charge on any atom is 0.180 e. The van der Waals surface area contributed by atoms with Crippen LogP contribution in [-0.4, -0.2) is 23.2 Å². The highest BCUT2D eigenvalue weighted by Crippen LogP contribution is 2.08. The van der Waals surface area contributed by atoms with Gasteiger partial charge in [-0.05, 0) is 18.4 Å². The Morgan fingerprint density at radius 2 is 2.46 bits per heavy atom. The van der Waals surface area contributed by atoms with E-state index in [9.17, 15) is 0 Å². The molecule has 0 atom stereocenters. The molecule has 0 aliphatic carbocycles. The summed E-state index contributed by atoms with van der Waals surface area (Å²) in [5, 5.41) is 14.2. The largest absolute Gasteiger partial charge is 0.484 e. The van der Waals surface area contributed by atoms with Crippen molar-refractivity contribution in [2.24, 2.45) is 0 Å². The van der Waals surface area contributed by atoms with Crippen molar-refractivity contribution < 1.29 is 4.74 Å². The van der Waals surface area contributed by atoms with Crippen LogP contribution < -0.4 is 0 Å². The first-order chi connectivity index (χ1) is 6.27. The van der Waals surface area contributed by atoms with Gasteiger partial charge in [0, 0.05) is 12.1 Å². The molecule has 1 aromatic rings. The smallest absolute Gasteiger partial charge is 0.180 e. The number of aromatic amines is 1. The van der Waals surface area contributed by atoms with Gasteiger partial charge in [-0.25, -0.2) is 0 Å². The fourth-order valence-electron chi connectivity index (χ4n) is 1.21. The van der Waals surface area contributed by atoms with Gasteiger partial charge in [0.05, 0.1) is 13.3 Å². The monoisotopic (exact) mass is 181 g/mol. The summed E-state index contributed by atoms with van der Waals surface area (Å²) in [5.74, 6) is 0.322. The number of aromatic nitrogens is 2. The molecule has 0 saturated heterocycles.